The lowest BCUT2D eigenvalue weighted by molar-refractivity contribution is -0.158. The van der Waals surface area contributed by atoms with Crippen molar-refractivity contribution in [1.29, 1.82) is 0 Å². The van der Waals surface area contributed by atoms with Crippen LogP contribution in [-0.2, 0) is 4.79 Å². The molecule has 4 N–H and O–H groups in total. The summed E-state index contributed by atoms with van der Waals surface area (Å²) >= 11 is 0. The molecule has 0 aromatic heterocycles. The van der Waals surface area contributed by atoms with Crippen molar-refractivity contribution in [2.75, 3.05) is 22.5 Å². The van der Waals surface area contributed by atoms with E-state index in [9.17, 15) is 22.8 Å². The van der Waals surface area contributed by atoms with E-state index in [-0.39, 0.29) is 5.56 Å². The van der Waals surface area contributed by atoms with Crippen LogP contribution >= 0.6 is 0 Å². The number of amides is 3. The fourth-order valence-electron chi connectivity index (χ4n) is 2.96. The minimum atomic E-state index is -4.56. The molecule has 0 radical (unpaired) electrons. The molecule has 0 bridgehead atoms. The van der Waals surface area contributed by atoms with E-state index >= 15 is 0 Å². The quantitative estimate of drug-likeness (QED) is 0.408. The normalized spacial score (nSPS) is 12.0. The lowest BCUT2D eigenvalue weighted by atomic mass is 10.1. The number of hydrogen-bond donors (Lipinski definition) is 4. The molecular formula is C23H21F3N4O2. The highest BCUT2D eigenvalue weighted by molar-refractivity contribution is 6.00. The van der Waals surface area contributed by atoms with Crippen LogP contribution in [0, 0.1) is 0 Å². The average Bonchev–Trinajstić information content (AvgIpc) is 2.74. The summed E-state index contributed by atoms with van der Waals surface area (Å²) in [5.41, 5.74) is 1.36. The van der Waals surface area contributed by atoms with E-state index in [1.807, 2.05) is 6.07 Å². The first-order valence-electron chi connectivity index (χ1n) is 9.69. The molecule has 3 aromatic rings. The van der Waals surface area contributed by atoms with E-state index < -0.39 is 30.7 Å². The van der Waals surface area contributed by atoms with Crippen LogP contribution < -0.4 is 21.3 Å². The van der Waals surface area contributed by atoms with E-state index in [2.05, 4.69) is 21.3 Å². The summed E-state index contributed by atoms with van der Waals surface area (Å²) in [5.74, 6) is -0.652. The van der Waals surface area contributed by atoms with Crippen LogP contribution in [0.3, 0.4) is 0 Å². The van der Waals surface area contributed by atoms with Gasteiger partial charge in [-0.25, -0.2) is 4.79 Å². The molecule has 0 saturated heterocycles. The number of carbonyl (C=O) groups is 2. The van der Waals surface area contributed by atoms with Crippen LogP contribution in [0.15, 0.2) is 84.9 Å². The Morgan fingerprint density at radius 2 is 1.25 bits per heavy atom. The van der Waals surface area contributed by atoms with Crippen LogP contribution in [0.5, 0.6) is 0 Å². The fourth-order valence-corrected chi connectivity index (χ4v) is 2.96. The van der Waals surface area contributed by atoms with Crippen LogP contribution in [0.4, 0.5) is 35.0 Å². The molecular weight excluding hydrogens is 421 g/mol. The summed E-state index contributed by atoms with van der Waals surface area (Å²) in [6, 6.07) is 20.0. The van der Waals surface area contributed by atoms with E-state index in [1.54, 1.807) is 48.5 Å². The number of halogens is 3. The van der Waals surface area contributed by atoms with Crippen LogP contribution in [0.1, 0.15) is 11.6 Å². The van der Waals surface area contributed by atoms with Crippen LogP contribution in [0.2, 0.25) is 0 Å². The zero-order valence-corrected chi connectivity index (χ0v) is 16.8. The van der Waals surface area contributed by atoms with E-state index in [1.165, 1.54) is 30.3 Å². The molecule has 0 saturated carbocycles. The van der Waals surface area contributed by atoms with Gasteiger partial charge in [-0.2, -0.15) is 13.2 Å². The standard InChI is InChI=1S/C23H21F3N4O2/c24-23(25,26)21(16-8-3-1-4-9-16)27-15-20(31)28-18-12-7-13-19(14-18)30-22(32)29-17-10-5-2-6-11-17/h1-14,21,27H,15H2,(H,28,31)(H2,29,30,32). The predicted molar refractivity (Wildman–Crippen MR) is 117 cm³/mol. The van der Waals surface area contributed by atoms with Crippen LogP contribution in [-0.4, -0.2) is 24.7 Å². The van der Waals surface area contributed by atoms with Gasteiger partial charge in [0.25, 0.3) is 0 Å². The van der Waals surface area contributed by atoms with E-state index in [0.29, 0.717) is 17.1 Å². The number of hydrogen-bond acceptors (Lipinski definition) is 3. The highest BCUT2D eigenvalue weighted by atomic mass is 19.4. The number of carbonyl (C=O) groups excluding carboxylic acids is 2. The maximum atomic E-state index is 13.4. The Bertz CT molecular complexity index is 1040. The Hall–Kier alpha value is -3.85. The third kappa shape index (κ3) is 6.85. The summed E-state index contributed by atoms with van der Waals surface area (Å²) in [6.07, 6.45) is -4.56. The first-order chi connectivity index (χ1) is 15.3. The summed E-state index contributed by atoms with van der Waals surface area (Å²) in [6.45, 7) is -0.550. The molecule has 1 unspecified atom stereocenters. The van der Waals surface area contributed by atoms with E-state index in [0.717, 1.165) is 0 Å². The molecule has 32 heavy (non-hydrogen) atoms. The molecule has 3 aromatic carbocycles. The molecule has 3 rings (SSSR count). The highest BCUT2D eigenvalue weighted by Crippen LogP contribution is 2.32. The SMILES string of the molecule is O=C(CNC(c1ccccc1)C(F)(F)F)Nc1cccc(NC(=O)Nc2ccccc2)c1. The number of benzene rings is 3. The maximum Gasteiger partial charge on any atom is 0.407 e. The Morgan fingerprint density at radius 1 is 0.719 bits per heavy atom. The third-order valence-corrected chi connectivity index (χ3v) is 4.36. The monoisotopic (exact) mass is 442 g/mol. The Morgan fingerprint density at radius 3 is 1.88 bits per heavy atom. The summed E-state index contributed by atoms with van der Waals surface area (Å²) in [4.78, 5) is 24.3. The van der Waals surface area contributed by atoms with Gasteiger partial charge in [0.05, 0.1) is 6.54 Å². The van der Waals surface area contributed by atoms with Gasteiger partial charge >= 0.3 is 12.2 Å². The summed E-state index contributed by atoms with van der Waals surface area (Å²) in [7, 11) is 0. The van der Waals surface area contributed by atoms with E-state index in [4.69, 9.17) is 0 Å². The highest BCUT2D eigenvalue weighted by Gasteiger charge is 2.40. The van der Waals surface area contributed by atoms with Gasteiger partial charge in [-0.05, 0) is 35.9 Å². The van der Waals surface area contributed by atoms with Crippen molar-refractivity contribution in [1.82, 2.24) is 5.32 Å². The van der Waals surface area contributed by atoms with Gasteiger partial charge in [0.1, 0.15) is 6.04 Å². The van der Waals surface area contributed by atoms with Crippen molar-refractivity contribution >= 4 is 29.0 Å². The molecule has 0 aliphatic carbocycles. The molecule has 1 atom stereocenters. The fraction of sp³-hybridized carbons (Fsp3) is 0.130. The zero-order chi connectivity index (χ0) is 23.0. The Labute approximate surface area is 182 Å². The molecule has 166 valence electrons. The molecule has 6 nitrogen and oxygen atoms in total. The van der Waals surface area contributed by atoms with Gasteiger partial charge in [-0.1, -0.05) is 54.6 Å². The Balaban J connectivity index is 1.56. The molecule has 0 spiro atoms. The second-order valence-corrected chi connectivity index (χ2v) is 6.84. The number of nitrogens with one attached hydrogen (secondary N) is 4. The van der Waals surface area contributed by atoms with Gasteiger partial charge in [-0.3, -0.25) is 10.1 Å². The first kappa shape index (κ1) is 22.8. The predicted octanol–water partition coefficient (Wildman–Crippen LogP) is 5.16. The third-order valence-electron chi connectivity index (χ3n) is 4.36. The lowest BCUT2D eigenvalue weighted by Crippen LogP contribution is -2.38. The second kappa shape index (κ2) is 10.5. The molecule has 0 aliphatic heterocycles. The average molecular weight is 442 g/mol. The second-order valence-electron chi connectivity index (χ2n) is 6.84. The maximum absolute atomic E-state index is 13.4. The van der Waals surface area contributed by atoms with Crippen molar-refractivity contribution in [3.63, 3.8) is 0 Å². The summed E-state index contributed by atoms with van der Waals surface area (Å²) < 4.78 is 40.1. The Kier molecular flexibility index (Phi) is 7.45. The minimum absolute atomic E-state index is 0.0171. The lowest BCUT2D eigenvalue weighted by Gasteiger charge is -2.22. The summed E-state index contributed by atoms with van der Waals surface area (Å²) in [5, 5.41) is 10.1. The van der Waals surface area contributed by atoms with Crippen molar-refractivity contribution in [3.05, 3.63) is 90.5 Å². The number of anilines is 3. The van der Waals surface area contributed by atoms with Gasteiger partial charge < -0.3 is 16.0 Å². The van der Waals surface area contributed by atoms with Crippen molar-refractivity contribution in [3.8, 4) is 0 Å². The largest absolute Gasteiger partial charge is 0.407 e. The number of rotatable bonds is 7. The van der Waals surface area contributed by atoms with Crippen molar-refractivity contribution in [2.45, 2.75) is 12.2 Å². The van der Waals surface area contributed by atoms with Crippen molar-refractivity contribution < 1.29 is 22.8 Å². The van der Waals surface area contributed by atoms with Crippen molar-refractivity contribution in [2.24, 2.45) is 0 Å². The minimum Gasteiger partial charge on any atom is -0.325 e. The number of urea groups is 1. The zero-order valence-electron chi connectivity index (χ0n) is 16.8. The first-order valence-corrected chi connectivity index (χ1v) is 9.69. The molecule has 0 fully saturated rings. The van der Waals surface area contributed by atoms with Gasteiger partial charge in [0.2, 0.25) is 5.91 Å². The van der Waals surface area contributed by atoms with Gasteiger partial charge in [0, 0.05) is 17.1 Å². The van der Waals surface area contributed by atoms with Crippen LogP contribution in [0.25, 0.3) is 0 Å². The number of alkyl halides is 3. The topological polar surface area (TPSA) is 82.3 Å². The molecule has 9 heteroatoms. The molecule has 3 amide bonds. The number of para-hydroxylation sites is 1. The molecule has 0 heterocycles. The van der Waals surface area contributed by atoms with Gasteiger partial charge in [-0.15, -0.1) is 0 Å². The molecule has 0 aliphatic rings. The van der Waals surface area contributed by atoms with Gasteiger partial charge in [0.15, 0.2) is 0 Å². The smallest absolute Gasteiger partial charge is 0.325 e.